The van der Waals surface area contributed by atoms with Crippen molar-refractivity contribution < 1.29 is 4.74 Å². The number of rotatable bonds is 5. The molecule has 0 amide bonds. The van der Waals surface area contributed by atoms with Crippen molar-refractivity contribution in [2.45, 2.75) is 57.5 Å². The van der Waals surface area contributed by atoms with Gasteiger partial charge >= 0.3 is 0 Å². The minimum Gasteiger partial charge on any atom is -0.378 e. The molecule has 78 valence electrons. The van der Waals surface area contributed by atoms with Crippen LogP contribution < -0.4 is 0 Å². The summed E-state index contributed by atoms with van der Waals surface area (Å²) in [4.78, 5) is 0. The lowest BCUT2D eigenvalue weighted by Gasteiger charge is -2.14. The van der Waals surface area contributed by atoms with Crippen LogP contribution in [0.3, 0.4) is 0 Å². The van der Waals surface area contributed by atoms with Gasteiger partial charge in [0.1, 0.15) is 0 Å². The molecule has 1 fully saturated rings. The summed E-state index contributed by atoms with van der Waals surface area (Å²) in [6, 6.07) is 0. The molecule has 1 nitrogen and oxygen atoms in total. The van der Waals surface area contributed by atoms with Gasteiger partial charge in [-0.1, -0.05) is 25.7 Å². The van der Waals surface area contributed by atoms with E-state index in [1.54, 1.807) is 0 Å². The SMILES string of the molecule is ClCCCCOC1CCCCCC1. The van der Waals surface area contributed by atoms with Crippen LogP contribution in [0.2, 0.25) is 0 Å². The van der Waals surface area contributed by atoms with E-state index in [2.05, 4.69) is 0 Å². The first-order chi connectivity index (χ1) is 6.43. The summed E-state index contributed by atoms with van der Waals surface area (Å²) < 4.78 is 5.81. The Bertz CT molecular complexity index is 109. The number of ether oxygens (including phenoxy) is 1. The molecule has 1 saturated carbocycles. The first kappa shape index (κ1) is 11.3. The van der Waals surface area contributed by atoms with Crippen molar-refractivity contribution in [1.82, 2.24) is 0 Å². The maximum atomic E-state index is 5.81. The molecule has 0 aromatic heterocycles. The smallest absolute Gasteiger partial charge is 0.0575 e. The summed E-state index contributed by atoms with van der Waals surface area (Å²) >= 11 is 5.59. The van der Waals surface area contributed by atoms with Crippen LogP contribution in [0, 0.1) is 0 Å². The molecule has 1 aliphatic rings. The fourth-order valence-electron chi connectivity index (χ4n) is 1.86. The maximum Gasteiger partial charge on any atom is 0.0575 e. The van der Waals surface area contributed by atoms with E-state index in [1.807, 2.05) is 0 Å². The molecule has 13 heavy (non-hydrogen) atoms. The van der Waals surface area contributed by atoms with E-state index in [1.165, 1.54) is 38.5 Å². The molecular formula is C11H21ClO. The second kappa shape index (κ2) is 7.64. The highest BCUT2D eigenvalue weighted by Crippen LogP contribution is 2.19. The zero-order valence-corrected chi connectivity index (χ0v) is 9.19. The Morgan fingerprint density at radius 3 is 2.31 bits per heavy atom. The van der Waals surface area contributed by atoms with Gasteiger partial charge in [-0.05, 0) is 25.7 Å². The molecule has 0 aromatic carbocycles. The monoisotopic (exact) mass is 204 g/mol. The van der Waals surface area contributed by atoms with Gasteiger partial charge in [0.15, 0.2) is 0 Å². The zero-order valence-electron chi connectivity index (χ0n) is 8.43. The standard InChI is InChI=1S/C11H21ClO/c12-9-5-6-10-13-11-7-3-1-2-4-8-11/h11H,1-10H2. The third-order valence-corrected chi connectivity index (χ3v) is 2.95. The highest BCUT2D eigenvalue weighted by atomic mass is 35.5. The van der Waals surface area contributed by atoms with Gasteiger partial charge in [0.25, 0.3) is 0 Å². The van der Waals surface area contributed by atoms with Crippen LogP contribution in [0.4, 0.5) is 0 Å². The van der Waals surface area contributed by atoms with Gasteiger partial charge in [-0.2, -0.15) is 0 Å². The number of hydrogen-bond acceptors (Lipinski definition) is 1. The highest BCUT2D eigenvalue weighted by molar-refractivity contribution is 6.17. The van der Waals surface area contributed by atoms with E-state index < -0.39 is 0 Å². The Labute approximate surface area is 86.8 Å². The summed E-state index contributed by atoms with van der Waals surface area (Å²) in [5, 5.41) is 0. The van der Waals surface area contributed by atoms with Crippen molar-refractivity contribution in [1.29, 1.82) is 0 Å². The van der Waals surface area contributed by atoms with Gasteiger partial charge in [-0.3, -0.25) is 0 Å². The summed E-state index contributed by atoms with van der Waals surface area (Å²) in [6.07, 6.45) is 10.9. The van der Waals surface area contributed by atoms with Gasteiger partial charge in [-0.15, -0.1) is 11.6 Å². The van der Waals surface area contributed by atoms with Crippen LogP contribution in [0.25, 0.3) is 0 Å². The molecule has 0 aromatic rings. The predicted molar refractivity (Wildman–Crippen MR) is 57.4 cm³/mol. The lowest BCUT2D eigenvalue weighted by Crippen LogP contribution is -2.12. The summed E-state index contributed by atoms with van der Waals surface area (Å²) in [5.41, 5.74) is 0. The molecule has 0 radical (unpaired) electrons. The number of halogens is 1. The van der Waals surface area contributed by atoms with Crippen LogP contribution >= 0.6 is 11.6 Å². The number of alkyl halides is 1. The van der Waals surface area contributed by atoms with Crippen LogP contribution in [0.15, 0.2) is 0 Å². The fraction of sp³-hybridized carbons (Fsp3) is 1.00. The predicted octanol–water partition coefficient (Wildman–Crippen LogP) is 3.74. The van der Waals surface area contributed by atoms with Crippen LogP contribution in [0.5, 0.6) is 0 Å². The normalized spacial score (nSPS) is 20.1. The summed E-state index contributed by atoms with van der Waals surface area (Å²) in [7, 11) is 0. The first-order valence-corrected chi connectivity index (χ1v) is 6.14. The van der Waals surface area contributed by atoms with Crippen molar-refractivity contribution in [2.24, 2.45) is 0 Å². The highest BCUT2D eigenvalue weighted by Gasteiger charge is 2.11. The van der Waals surface area contributed by atoms with Crippen molar-refractivity contribution in [3.05, 3.63) is 0 Å². The van der Waals surface area contributed by atoms with E-state index in [9.17, 15) is 0 Å². The Hall–Kier alpha value is 0.250. The Morgan fingerprint density at radius 2 is 1.69 bits per heavy atom. The Balaban J connectivity index is 1.98. The second-order valence-electron chi connectivity index (χ2n) is 3.88. The molecule has 0 atom stereocenters. The van der Waals surface area contributed by atoms with Gasteiger partial charge in [0.05, 0.1) is 6.10 Å². The lowest BCUT2D eigenvalue weighted by molar-refractivity contribution is 0.0416. The molecule has 1 rings (SSSR count). The first-order valence-electron chi connectivity index (χ1n) is 5.61. The van der Waals surface area contributed by atoms with Crippen molar-refractivity contribution in [2.75, 3.05) is 12.5 Å². The minimum atomic E-state index is 0.554. The van der Waals surface area contributed by atoms with Gasteiger partial charge in [0, 0.05) is 12.5 Å². The summed E-state index contributed by atoms with van der Waals surface area (Å²) in [5.74, 6) is 0.772. The molecule has 1 aliphatic carbocycles. The van der Waals surface area contributed by atoms with E-state index in [0.29, 0.717) is 6.10 Å². The Morgan fingerprint density at radius 1 is 1.00 bits per heavy atom. The molecule has 0 spiro atoms. The molecule has 0 N–H and O–H groups in total. The van der Waals surface area contributed by atoms with E-state index in [4.69, 9.17) is 16.3 Å². The van der Waals surface area contributed by atoms with Gasteiger partial charge in [-0.25, -0.2) is 0 Å². The van der Waals surface area contributed by atoms with Crippen molar-refractivity contribution in [3.8, 4) is 0 Å². The maximum absolute atomic E-state index is 5.81. The topological polar surface area (TPSA) is 9.23 Å². The van der Waals surface area contributed by atoms with Gasteiger partial charge < -0.3 is 4.74 Å². The molecule has 2 heteroatoms. The van der Waals surface area contributed by atoms with E-state index in [-0.39, 0.29) is 0 Å². The van der Waals surface area contributed by atoms with E-state index in [0.717, 1.165) is 25.3 Å². The van der Waals surface area contributed by atoms with Crippen LogP contribution in [-0.4, -0.2) is 18.6 Å². The average Bonchev–Trinajstić information content (AvgIpc) is 2.41. The molecule has 0 heterocycles. The largest absolute Gasteiger partial charge is 0.378 e. The van der Waals surface area contributed by atoms with Crippen LogP contribution in [-0.2, 0) is 4.74 Å². The molecule has 0 unspecified atom stereocenters. The molecule has 0 aliphatic heterocycles. The van der Waals surface area contributed by atoms with Crippen LogP contribution in [0.1, 0.15) is 51.4 Å². The number of hydrogen-bond donors (Lipinski definition) is 0. The van der Waals surface area contributed by atoms with Crippen molar-refractivity contribution in [3.63, 3.8) is 0 Å². The molecule has 0 bridgehead atoms. The second-order valence-corrected chi connectivity index (χ2v) is 4.26. The third-order valence-electron chi connectivity index (χ3n) is 2.68. The number of unbranched alkanes of at least 4 members (excludes halogenated alkanes) is 1. The quantitative estimate of drug-likeness (QED) is 0.377. The van der Waals surface area contributed by atoms with Gasteiger partial charge in [0.2, 0.25) is 0 Å². The third kappa shape index (κ3) is 5.53. The average molecular weight is 205 g/mol. The van der Waals surface area contributed by atoms with Crippen molar-refractivity contribution >= 4 is 11.6 Å². The summed E-state index contributed by atoms with van der Waals surface area (Å²) in [6.45, 7) is 0.914. The minimum absolute atomic E-state index is 0.554. The fourth-order valence-corrected chi connectivity index (χ4v) is 2.04. The molecular weight excluding hydrogens is 184 g/mol. The molecule has 0 saturated heterocycles. The lowest BCUT2D eigenvalue weighted by atomic mass is 10.1. The van der Waals surface area contributed by atoms with E-state index >= 15 is 0 Å². The Kier molecular flexibility index (Phi) is 6.65. The zero-order chi connectivity index (χ0) is 9.36.